The van der Waals surface area contributed by atoms with Gasteiger partial charge in [0, 0.05) is 24.8 Å². The molecule has 144 valence electrons. The molecule has 1 saturated heterocycles. The van der Waals surface area contributed by atoms with Crippen LogP contribution in [0, 0.1) is 0 Å². The van der Waals surface area contributed by atoms with Crippen LogP contribution < -0.4 is 14.8 Å². The molecule has 8 heteroatoms. The SMILES string of the molecule is COc1cccc(NC(=O)N2CC(c3nc(-c4ccccc4OC)no3)C2)c1. The smallest absolute Gasteiger partial charge is 0.321 e. The highest BCUT2D eigenvalue weighted by atomic mass is 16.5. The zero-order valence-electron chi connectivity index (χ0n) is 15.6. The van der Waals surface area contributed by atoms with Gasteiger partial charge < -0.3 is 24.2 Å². The summed E-state index contributed by atoms with van der Waals surface area (Å²) in [4.78, 5) is 18.5. The molecule has 1 aromatic heterocycles. The van der Waals surface area contributed by atoms with Gasteiger partial charge in [0.1, 0.15) is 11.5 Å². The van der Waals surface area contributed by atoms with Crippen LogP contribution in [0.15, 0.2) is 53.1 Å². The number of amides is 2. The summed E-state index contributed by atoms with van der Waals surface area (Å²) in [5.41, 5.74) is 1.45. The molecule has 0 bridgehead atoms. The maximum Gasteiger partial charge on any atom is 0.321 e. The van der Waals surface area contributed by atoms with Gasteiger partial charge in [-0.2, -0.15) is 4.98 Å². The van der Waals surface area contributed by atoms with Gasteiger partial charge in [-0.15, -0.1) is 0 Å². The van der Waals surface area contributed by atoms with Crippen molar-refractivity contribution < 1.29 is 18.8 Å². The molecule has 2 amide bonds. The minimum atomic E-state index is -0.172. The van der Waals surface area contributed by atoms with Gasteiger partial charge in [-0.1, -0.05) is 23.4 Å². The van der Waals surface area contributed by atoms with E-state index in [1.165, 1.54) is 0 Å². The fraction of sp³-hybridized carbons (Fsp3) is 0.250. The first kappa shape index (κ1) is 17.8. The lowest BCUT2D eigenvalue weighted by atomic mass is 10.0. The van der Waals surface area contributed by atoms with Gasteiger partial charge in [0.05, 0.1) is 25.7 Å². The molecule has 1 aliphatic heterocycles. The Hall–Kier alpha value is -3.55. The number of carbonyl (C=O) groups is 1. The number of likely N-dealkylation sites (tertiary alicyclic amines) is 1. The van der Waals surface area contributed by atoms with Gasteiger partial charge in [0.25, 0.3) is 0 Å². The molecule has 28 heavy (non-hydrogen) atoms. The van der Waals surface area contributed by atoms with Crippen LogP contribution in [0.2, 0.25) is 0 Å². The number of carbonyl (C=O) groups excluding carboxylic acids is 1. The predicted octanol–water partition coefficient (Wildman–Crippen LogP) is 3.39. The van der Waals surface area contributed by atoms with Crippen LogP contribution in [-0.4, -0.2) is 48.4 Å². The van der Waals surface area contributed by atoms with Crippen molar-refractivity contribution in [1.29, 1.82) is 0 Å². The predicted molar refractivity (Wildman–Crippen MR) is 103 cm³/mol. The number of aromatic nitrogens is 2. The van der Waals surface area contributed by atoms with Crippen molar-refractivity contribution in [2.75, 3.05) is 32.6 Å². The van der Waals surface area contributed by atoms with Crippen molar-refractivity contribution in [3.63, 3.8) is 0 Å². The van der Waals surface area contributed by atoms with Crippen LogP contribution in [0.25, 0.3) is 11.4 Å². The summed E-state index contributed by atoms with van der Waals surface area (Å²) in [6, 6.07) is 14.6. The number of nitrogens with zero attached hydrogens (tertiary/aromatic N) is 3. The van der Waals surface area contributed by atoms with Crippen LogP contribution in [0.5, 0.6) is 11.5 Å². The van der Waals surface area contributed by atoms with E-state index in [-0.39, 0.29) is 11.9 Å². The van der Waals surface area contributed by atoms with E-state index in [0.717, 1.165) is 5.56 Å². The molecular formula is C20H20N4O4. The van der Waals surface area contributed by atoms with E-state index >= 15 is 0 Å². The minimum absolute atomic E-state index is 0.0204. The monoisotopic (exact) mass is 380 g/mol. The van der Waals surface area contributed by atoms with E-state index in [0.29, 0.717) is 42.0 Å². The van der Waals surface area contributed by atoms with Gasteiger partial charge in [0.15, 0.2) is 0 Å². The van der Waals surface area contributed by atoms with Crippen LogP contribution >= 0.6 is 0 Å². The van der Waals surface area contributed by atoms with Crippen molar-refractivity contribution in [2.45, 2.75) is 5.92 Å². The fourth-order valence-electron chi connectivity index (χ4n) is 3.04. The topological polar surface area (TPSA) is 89.7 Å². The molecule has 0 atom stereocenters. The number of methoxy groups -OCH3 is 2. The zero-order valence-corrected chi connectivity index (χ0v) is 15.6. The molecule has 8 nitrogen and oxygen atoms in total. The number of anilines is 1. The Morgan fingerprint density at radius 3 is 2.75 bits per heavy atom. The molecule has 2 aromatic carbocycles. The van der Waals surface area contributed by atoms with Crippen molar-refractivity contribution in [3.05, 3.63) is 54.4 Å². The lowest BCUT2D eigenvalue weighted by Crippen LogP contribution is -2.50. The zero-order chi connectivity index (χ0) is 19.5. The van der Waals surface area contributed by atoms with E-state index in [2.05, 4.69) is 15.5 Å². The third-order valence-electron chi connectivity index (χ3n) is 4.63. The number of benzene rings is 2. The Balaban J connectivity index is 1.37. The highest BCUT2D eigenvalue weighted by Gasteiger charge is 2.36. The third-order valence-corrected chi connectivity index (χ3v) is 4.63. The Morgan fingerprint density at radius 2 is 1.96 bits per heavy atom. The lowest BCUT2D eigenvalue weighted by Gasteiger charge is -2.36. The normalized spacial score (nSPS) is 13.7. The standard InChI is InChI=1S/C20H20N4O4/c1-26-15-7-5-6-14(10-15)21-20(25)24-11-13(12-24)19-22-18(23-28-19)16-8-3-4-9-17(16)27-2/h3-10,13H,11-12H2,1-2H3,(H,21,25). The molecule has 4 rings (SSSR count). The third kappa shape index (κ3) is 3.48. The summed E-state index contributed by atoms with van der Waals surface area (Å²) in [6.45, 7) is 1.03. The number of para-hydroxylation sites is 1. The average Bonchev–Trinajstić information content (AvgIpc) is 3.16. The number of rotatable bonds is 5. The first-order valence-corrected chi connectivity index (χ1v) is 8.85. The molecule has 1 fully saturated rings. The van der Waals surface area contributed by atoms with E-state index < -0.39 is 0 Å². The molecular weight excluding hydrogens is 360 g/mol. The van der Waals surface area contributed by atoms with E-state index in [9.17, 15) is 4.79 Å². The number of urea groups is 1. The summed E-state index contributed by atoms with van der Waals surface area (Å²) >= 11 is 0. The van der Waals surface area contributed by atoms with Crippen LogP contribution in [-0.2, 0) is 0 Å². The molecule has 1 N–H and O–H groups in total. The minimum Gasteiger partial charge on any atom is -0.497 e. The molecule has 0 unspecified atom stereocenters. The molecule has 0 spiro atoms. The molecule has 0 radical (unpaired) electrons. The van der Waals surface area contributed by atoms with Gasteiger partial charge in [-0.3, -0.25) is 0 Å². The number of hydrogen-bond donors (Lipinski definition) is 1. The van der Waals surface area contributed by atoms with Gasteiger partial charge in [-0.25, -0.2) is 4.79 Å². The quantitative estimate of drug-likeness (QED) is 0.730. The molecule has 1 aliphatic rings. The van der Waals surface area contributed by atoms with Crippen LogP contribution in [0.4, 0.5) is 10.5 Å². The van der Waals surface area contributed by atoms with Crippen LogP contribution in [0.3, 0.4) is 0 Å². The second-order valence-corrected chi connectivity index (χ2v) is 6.42. The van der Waals surface area contributed by atoms with Gasteiger partial charge in [0.2, 0.25) is 11.7 Å². The maximum atomic E-state index is 12.4. The Kier molecular flexibility index (Phi) is 4.84. The Labute approximate surface area is 162 Å². The molecule has 2 heterocycles. The first-order valence-electron chi connectivity index (χ1n) is 8.85. The maximum absolute atomic E-state index is 12.4. The van der Waals surface area contributed by atoms with Crippen molar-refractivity contribution in [2.24, 2.45) is 0 Å². The second-order valence-electron chi connectivity index (χ2n) is 6.42. The summed E-state index contributed by atoms with van der Waals surface area (Å²) in [5.74, 6) is 2.39. The van der Waals surface area contributed by atoms with E-state index in [4.69, 9.17) is 14.0 Å². The number of hydrogen-bond acceptors (Lipinski definition) is 6. The fourth-order valence-corrected chi connectivity index (χ4v) is 3.04. The van der Waals surface area contributed by atoms with Crippen molar-refractivity contribution in [1.82, 2.24) is 15.0 Å². The second kappa shape index (κ2) is 7.59. The van der Waals surface area contributed by atoms with Crippen molar-refractivity contribution in [3.8, 4) is 22.9 Å². The first-order chi connectivity index (χ1) is 13.7. The highest BCUT2D eigenvalue weighted by molar-refractivity contribution is 5.90. The van der Waals surface area contributed by atoms with E-state index in [1.54, 1.807) is 25.2 Å². The van der Waals surface area contributed by atoms with Gasteiger partial charge >= 0.3 is 6.03 Å². The number of ether oxygens (including phenoxy) is 2. The largest absolute Gasteiger partial charge is 0.497 e. The van der Waals surface area contributed by atoms with Gasteiger partial charge in [-0.05, 0) is 24.3 Å². The summed E-state index contributed by atoms with van der Waals surface area (Å²) < 4.78 is 15.9. The van der Waals surface area contributed by atoms with Crippen LogP contribution in [0.1, 0.15) is 11.8 Å². The average molecular weight is 380 g/mol. The molecule has 0 aliphatic carbocycles. The summed E-state index contributed by atoms with van der Waals surface area (Å²) in [5, 5.41) is 6.92. The Morgan fingerprint density at radius 1 is 1.14 bits per heavy atom. The summed E-state index contributed by atoms with van der Waals surface area (Å²) in [7, 11) is 3.19. The Bertz CT molecular complexity index is 982. The lowest BCUT2D eigenvalue weighted by molar-refractivity contribution is 0.147. The van der Waals surface area contributed by atoms with E-state index in [1.807, 2.05) is 42.5 Å². The molecule has 0 saturated carbocycles. The number of nitrogens with one attached hydrogen (secondary N) is 1. The molecule has 3 aromatic rings. The highest BCUT2D eigenvalue weighted by Crippen LogP contribution is 2.31. The van der Waals surface area contributed by atoms with Crippen molar-refractivity contribution >= 4 is 11.7 Å². The summed E-state index contributed by atoms with van der Waals surface area (Å²) in [6.07, 6.45) is 0.